The number of nitrogens with zero attached hydrogens (tertiary/aromatic N) is 1. The van der Waals surface area contributed by atoms with Gasteiger partial charge in [0.15, 0.2) is 6.10 Å². The van der Waals surface area contributed by atoms with Crippen LogP contribution in [-0.2, 0) is 27.9 Å². The number of allylic oxidation sites excluding steroid dienone is 7. The van der Waals surface area contributed by atoms with Gasteiger partial charge < -0.3 is 18.9 Å². The molecule has 1 N–H and O–H groups in total. The average Bonchev–Trinajstić information content (AvgIpc) is 3.11. The number of hydrogen-bond donors (Lipinski definition) is 1. The van der Waals surface area contributed by atoms with Crippen LogP contribution in [0.5, 0.6) is 0 Å². The fourth-order valence-corrected chi connectivity index (χ4v) is 6.32. The number of quaternary nitrogens is 1. The highest BCUT2D eigenvalue weighted by molar-refractivity contribution is 7.47. The molecule has 2 unspecified atom stereocenters. The van der Waals surface area contributed by atoms with Gasteiger partial charge in [0, 0.05) is 6.42 Å². The van der Waals surface area contributed by atoms with Crippen molar-refractivity contribution < 1.29 is 37.3 Å². The molecule has 53 heavy (non-hydrogen) atoms. The van der Waals surface area contributed by atoms with E-state index in [1.807, 2.05) is 27.2 Å². The summed E-state index contributed by atoms with van der Waals surface area (Å²) in [7, 11) is 1.62. The lowest BCUT2D eigenvalue weighted by atomic mass is 10.0. The molecule has 0 aliphatic rings. The maximum atomic E-state index is 12.7. The summed E-state index contributed by atoms with van der Waals surface area (Å²) in [6, 6.07) is 0. The maximum Gasteiger partial charge on any atom is 0.472 e. The first-order valence-corrected chi connectivity index (χ1v) is 22.9. The zero-order chi connectivity index (χ0) is 39.1. The van der Waals surface area contributed by atoms with Gasteiger partial charge in [0.1, 0.15) is 19.8 Å². The van der Waals surface area contributed by atoms with E-state index in [9.17, 15) is 14.3 Å². The minimum Gasteiger partial charge on any atom is -0.498 e. The van der Waals surface area contributed by atoms with Crippen molar-refractivity contribution in [1.82, 2.24) is 0 Å². The summed E-state index contributed by atoms with van der Waals surface area (Å²) in [5.74, 6) is -0.358. The molecule has 0 saturated carbocycles. The predicted molar refractivity (Wildman–Crippen MR) is 224 cm³/mol. The molecule has 310 valence electrons. The Bertz CT molecular complexity index is 989. The molecule has 0 aromatic carbocycles. The number of esters is 1. The number of ether oxygens (including phenoxy) is 2. The van der Waals surface area contributed by atoms with Crippen molar-refractivity contribution in [3.63, 3.8) is 0 Å². The number of phosphoric acid groups is 1. The minimum absolute atomic E-state index is 0.0385. The van der Waals surface area contributed by atoms with Crippen molar-refractivity contribution in [2.45, 2.75) is 180 Å². The van der Waals surface area contributed by atoms with E-state index in [4.69, 9.17) is 18.5 Å². The van der Waals surface area contributed by atoms with Crippen LogP contribution in [0.25, 0.3) is 0 Å². The fourth-order valence-electron chi connectivity index (χ4n) is 5.58. The zero-order valence-corrected chi connectivity index (χ0v) is 35.9. The second-order valence-corrected chi connectivity index (χ2v) is 16.9. The van der Waals surface area contributed by atoms with Gasteiger partial charge in [-0.1, -0.05) is 147 Å². The normalized spacial score (nSPS) is 14.2. The van der Waals surface area contributed by atoms with Gasteiger partial charge in [-0.3, -0.25) is 13.8 Å². The van der Waals surface area contributed by atoms with Crippen LogP contribution >= 0.6 is 7.82 Å². The summed E-state index contributed by atoms with van der Waals surface area (Å²) >= 11 is 0. The van der Waals surface area contributed by atoms with E-state index in [2.05, 4.69) is 50.3 Å². The Morgan fingerprint density at radius 2 is 1.06 bits per heavy atom. The van der Waals surface area contributed by atoms with Crippen molar-refractivity contribution in [1.29, 1.82) is 0 Å². The number of phosphoric ester groups is 1. The van der Waals surface area contributed by atoms with E-state index in [1.54, 1.807) is 6.26 Å². The maximum absolute atomic E-state index is 12.7. The Balaban J connectivity index is 4.36. The van der Waals surface area contributed by atoms with Crippen LogP contribution in [0.15, 0.2) is 48.8 Å². The third-order valence-electron chi connectivity index (χ3n) is 8.96. The molecule has 8 nitrogen and oxygen atoms in total. The standard InChI is InChI=1S/C44H82NO7P/c1-6-8-10-12-14-16-18-20-22-23-24-25-27-29-31-33-35-37-44(46)52-43(42-51-53(47,48)50-40-38-45(3,4)5)41-49-39-36-34-32-30-28-26-21-19-17-15-13-11-9-7-2/h14,16,20,22,24-25,36,39,43H,6-13,15,17-19,21,23,26-35,37-38,40-42H2,1-5H3/p+1/b16-14-,22-20-,25-24-,39-36-. The Kier molecular flexibility index (Phi) is 36.0. The van der Waals surface area contributed by atoms with Crippen LogP contribution in [-0.4, -0.2) is 69.0 Å². The number of carbonyl (C=O) groups is 1. The first-order valence-electron chi connectivity index (χ1n) is 21.4. The number of likely N-dealkylation sites (N-methyl/N-ethyl adjacent to an activating group) is 1. The topological polar surface area (TPSA) is 91.3 Å². The largest absolute Gasteiger partial charge is 0.498 e. The lowest BCUT2D eigenvalue weighted by molar-refractivity contribution is -0.870. The fraction of sp³-hybridized carbons (Fsp3) is 0.795. The predicted octanol–water partition coefficient (Wildman–Crippen LogP) is 12.7. The van der Waals surface area contributed by atoms with E-state index in [1.165, 1.54) is 96.3 Å². The van der Waals surface area contributed by atoms with Crippen LogP contribution in [0, 0.1) is 0 Å². The molecule has 0 heterocycles. The number of rotatable bonds is 39. The monoisotopic (exact) mass is 769 g/mol. The lowest BCUT2D eigenvalue weighted by Crippen LogP contribution is -2.37. The van der Waals surface area contributed by atoms with E-state index in [-0.39, 0.29) is 32.2 Å². The summed E-state index contributed by atoms with van der Waals surface area (Å²) < 4.78 is 34.7. The second-order valence-electron chi connectivity index (χ2n) is 15.4. The smallest absolute Gasteiger partial charge is 0.472 e. The molecular weight excluding hydrogens is 685 g/mol. The van der Waals surface area contributed by atoms with Crippen molar-refractivity contribution >= 4 is 13.8 Å². The Labute approximate surface area is 327 Å². The summed E-state index contributed by atoms with van der Waals surface area (Å²) in [5.41, 5.74) is 0. The van der Waals surface area contributed by atoms with Gasteiger partial charge in [-0.25, -0.2) is 4.57 Å². The summed E-state index contributed by atoms with van der Waals surface area (Å²) in [4.78, 5) is 22.8. The van der Waals surface area contributed by atoms with Crippen molar-refractivity contribution in [2.24, 2.45) is 0 Å². The van der Waals surface area contributed by atoms with E-state index < -0.39 is 13.9 Å². The first kappa shape index (κ1) is 51.3. The van der Waals surface area contributed by atoms with E-state index in [0.717, 1.165) is 57.8 Å². The van der Waals surface area contributed by atoms with E-state index >= 15 is 0 Å². The molecule has 0 amide bonds. The molecule has 0 bridgehead atoms. The third kappa shape index (κ3) is 41.3. The zero-order valence-electron chi connectivity index (χ0n) is 35.0. The number of hydrogen-bond acceptors (Lipinski definition) is 6. The van der Waals surface area contributed by atoms with Crippen molar-refractivity contribution in [2.75, 3.05) is 47.5 Å². The highest BCUT2D eigenvalue weighted by Gasteiger charge is 2.26. The highest BCUT2D eigenvalue weighted by Crippen LogP contribution is 2.43. The van der Waals surface area contributed by atoms with Gasteiger partial charge in [0.25, 0.3) is 0 Å². The molecule has 0 fully saturated rings. The summed E-state index contributed by atoms with van der Waals surface area (Å²) in [6.07, 6.45) is 45.2. The van der Waals surface area contributed by atoms with Crippen LogP contribution < -0.4 is 0 Å². The molecule has 0 spiro atoms. The molecule has 0 saturated heterocycles. The van der Waals surface area contributed by atoms with Crippen molar-refractivity contribution in [3.05, 3.63) is 48.8 Å². The molecule has 0 radical (unpaired) electrons. The van der Waals surface area contributed by atoms with Gasteiger partial charge in [-0.05, 0) is 63.9 Å². The summed E-state index contributed by atoms with van der Waals surface area (Å²) in [6.45, 7) is 4.87. The number of unbranched alkanes of at least 4 members (excludes halogenated alkanes) is 19. The molecule has 9 heteroatoms. The lowest BCUT2D eigenvalue weighted by Gasteiger charge is -2.24. The summed E-state index contributed by atoms with van der Waals surface area (Å²) in [5, 5.41) is 0. The Morgan fingerprint density at radius 1 is 0.604 bits per heavy atom. The molecule has 0 aromatic rings. The SMILES string of the molecule is CCCCC/C=C\C/C=C\C/C=C\CCCCCCC(=O)OC(CO/C=C\CCCCCCCCCCCCCC)COP(=O)(O)OCC[N+](C)(C)C. The Hall–Kier alpha value is -1.70. The molecule has 0 rings (SSSR count). The van der Waals surface area contributed by atoms with Gasteiger partial charge in [0.05, 0.1) is 34.0 Å². The Morgan fingerprint density at radius 3 is 1.60 bits per heavy atom. The quantitative estimate of drug-likeness (QED) is 0.0166. The van der Waals surface area contributed by atoms with Crippen LogP contribution in [0.3, 0.4) is 0 Å². The molecule has 0 aliphatic carbocycles. The van der Waals surface area contributed by atoms with Gasteiger partial charge in [-0.15, -0.1) is 0 Å². The van der Waals surface area contributed by atoms with Gasteiger partial charge in [0.2, 0.25) is 0 Å². The molecule has 0 aromatic heterocycles. The molecule has 2 atom stereocenters. The van der Waals surface area contributed by atoms with Gasteiger partial charge >= 0.3 is 13.8 Å². The van der Waals surface area contributed by atoms with E-state index in [0.29, 0.717) is 11.0 Å². The van der Waals surface area contributed by atoms with Crippen LogP contribution in [0.2, 0.25) is 0 Å². The average molecular weight is 769 g/mol. The van der Waals surface area contributed by atoms with Crippen LogP contribution in [0.1, 0.15) is 174 Å². The molecular formula is C44H83NO7P+. The second kappa shape index (κ2) is 37.2. The number of carbonyl (C=O) groups excluding carboxylic acids is 1. The highest BCUT2D eigenvalue weighted by atomic mass is 31.2. The van der Waals surface area contributed by atoms with Crippen molar-refractivity contribution in [3.8, 4) is 0 Å². The van der Waals surface area contributed by atoms with Gasteiger partial charge in [-0.2, -0.15) is 0 Å². The molecule has 0 aliphatic heterocycles. The third-order valence-corrected chi connectivity index (χ3v) is 9.94. The van der Waals surface area contributed by atoms with Crippen LogP contribution in [0.4, 0.5) is 0 Å². The first-order chi connectivity index (χ1) is 25.6. The minimum atomic E-state index is -4.29.